The van der Waals surface area contributed by atoms with Crippen LogP contribution in [0.3, 0.4) is 0 Å². The largest absolute Gasteiger partial charge is 0.344 e. The van der Waals surface area contributed by atoms with Gasteiger partial charge in [0.2, 0.25) is 5.91 Å². The Morgan fingerprint density at radius 3 is 2.32 bits per heavy atom. The van der Waals surface area contributed by atoms with Crippen LogP contribution in [0.25, 0.3) is 0 Å². The number of aromatic nitrogens is 1. The van der Waals surface area contributed by atoms with Crippen molar-refractivity contribution in [1.29, 1.82) is 0 Å². The van der Waals surface area contributed by atoms with Crippen molar-refractivity contribution >= 4 is 29.1 Å². The summed E-state index contributed by atoms with van der Waals surface area (Å²) in [6.07, 6.45) is 0. The van der Waals surface area contributed by atoms with Crippen molar-refractivity contribution in [3.05, 3.63) is 83.2 Å². The second kappa shape index (κ2) is 8.93. The van der Waals surface area contributed by atoms with Gasteiger partial charge in [-0.3, -0.25) is 9.59 Å². The minimum absolute atomic E-state index is 0.0959. The fourth-order valence-corrected chi connectivity index (χ4v) is 3.94. The van der Waals surface area contributed by atoms with Crippen molar-refractivity contribution in [2.45, 2.75) is 32.2 Å². The van der Waals surface area contributed by atoms with E-state index in [0.717, 1.165) is 34.1 Å². The van der Waals surface area contributed by atoms with Crippen molar-refractivity contribution in [1.82, 2.24) is 4.57 Å². The summed E-state index contributed by atoms with van der Waals surface area (Å²) < 4.78 is 2.19. The molecule has 0 atom stereocenters. The molecule has 1 amide bonds. The van der Waals surface area contributed by atoms with Crippen molar-refractivity contribution in [2.24, 2.45) is 0 Å². The molecule has 1 heterocycles. The maximum atomic E-state index is 12.8. The van der Waals surface area contributed by atoms with Gasteiger partial charge >= 0.3 is 0 Å². The van der Waals surface area contributed by atoms with Crippen molar-refractivity contribution in [3.63, 3.8) is 0 Å². The quantitative estimate of drug-likeness (QED) is 0.450. The molecule has 28 heavy (non-hydrogen) atoms. The van der Waals surface area contributed by atoms with Crippen LogP contribution in [-0.2, 0) is 11.3 Å². The molecule has 144 valence electrons. The molecule has 0 bridgehead atoms. The molecule has 0 aliphatic heterocycles. The van der Waals surface area contributed by atoms with Gasteiger partial charge in [0.1, 0.15) is 0 Å². The van der Waals surface area contributed by atoms with E-state index in [1.165, 1.54) is 24.2 Å². The van der Waals surface area contributed by atoms with E-state index >= 15 is 0 Å². The number of carbonyl (C=O) groups is 2. The molecule has 1 N–H and O–H groups in total. The van der Waals surface area contributed by atoms with Crippen LogP contribution in [0.4, 0.5) is 5.69 Å². The first-order chi connectivity index (χ1) is 13.4. The first kappa shape index (κ1) is 20.0. The number of anilines is 1. The monoisotopic (exact) mass is 392 g/mol. The smallest absolute Gasteiger partial charge is 0.221 e. The van der Waals surface area contributed by atoms with Gasteiger partial charge in [-0.05, 0) is 49.7 Å². The van der Waals surface area contributed by atoms with E-state index in [-0.39, 0.29) is 11.7 Å². The molecular weight excluding hydrogens is 368 g/mol. The number of Topliss-reactive ketones (excluding diaryl/α,β-unsaturated/α-hetero) is 1. The molecule has 2 aromatic carbocycles. The van der Waals surface area contributed by atoms with Gasteiger partial charge < -0.3 is 9.88 Å². The first-order valence-electron chi connectivity index (χ1n) is 9.18. The number of benzene rings is 2. The topological polar surface area (TPSA) is 51.1 Å². The van der Waals surface area contributed by atoms with Crippen LogP contribution >= 0.6 is 11.8 Å². The maximum absolute atomic E-state index is 12.8. The zero-order chi connectivity index (χ0) is 20.1. The average Bonchev–Trinajstić information content (AvgIpc) is 2.96. The Kier molecular flexibility index (Phi) is 6.37. The highest BCUT2D eigenvalue weighted by atomic mass is 32.2. The lowest BCUT2D eigenvalue weighted by Crippen LogP contribution is -2.07. The lowest BCUT2D eigenvalue weighted by atomic mass is 10.2. The number of thioether (sulfide) groups is 1. The fourth-order valence-electron chi connectivity index (χ4n) is 3.16. The third-order valence-corrected chi connectivity index (χ3v) is 5.61. The predicted molar refractivity (Wildman–Crippen MR) is 115 cm³/mol. The lowest BCUT2D eigenvalue weighted by Gasteiger charge is -2.10. The van der Waals surface area contributed by atoms with E-state index in [1.54, 1.807) is 0 Å². The molecule has 0 unspecified atom stereocenters. The Labute approximate surface area is 170 Å². The summed E-state index contributed by atoms with van der Waals surface area (Å²) >= 11 is 1.51. The van der Waals surface area contributed by atoms with Crippen LogP contribution in [-0.4, -0.2) is 22.0 Å². The Morgan fingerprint density at radius 2 is 1.68 bits per heavy atom. The van der Waals surface area contributed by atoms with Crippen LogP contribution in [0.2, 0.25) is 0 Å². The van der Waals surface area contributed by atoms with Crippen molar-refractivity contribution in [3.8, 4) is 0 Å². The van der Waals surface area contributed by atoms with Crippen molar-refractivity contribution in [2.75, 3.05) is 11.1 Å². The van der Waals surface area contributed by atoms with Crippen LogP contribution in [0.15, 0.2) is 65.6 Å². The van der Waals surface area contributed by atoms with E-state index in [1.807, 2.05) is 62.4 Å². The third-order valence-electron chi connectivity index (χ3n) is 4.60. The molecule has 0 spiro atoms. The number of aryl methyl sites for hydroxylation is 1. The molecule has 3 aromatic rings. The van der Waals surface area contributed by atoms with Crippen LogP contribution in [0.1, 0.15) is 34.2 Å². The van der Waals surface area contributed by atoms with Gasteiger partial charge in [-0.2, -0.15) is 0 Å². The zero-order valence-corrected chi connectivity index (χ0v) is 17.2. The molecule has 0 radical (unpaired) electrons. The summed E-state index contributed by atoms with van der Waals surface area (Å²) in [7, 11) is 0. The van der Waals surface area contributed by atoms with E-state index in [4.69, 9.17) is 0 Å². The van der Waals surface area contributed by atoms with E-state index in [2.05, 4.69) is 22.0 Å². The van der Waals surface area contributed by atoms with Gasteiger partial charge in [-0.15, -0.1) is 11.8 Å². The third kappa shape index (κ3) is 4.93. The number of hydrogen-bond acceptors (Lipinski definition) is 3. The predicted octanol–water partition coefficient (Wildman–Crippen LogP) is 5.09. The highest BCUT2D eigenvalue weighted by Crippen LogP contribution is 2.24. The second-order valence-electron chi connectivity index (χ2n) is 6.77. The molecule has 0 aliphatic rings. The van der Waals surface area contributed by atoms with Crippen LogP contribution in [0.5, 0.6) is 0 Å². The second-order valence-corrected chi connectivity index (χ2v) is 7.82. The normalized spacial score (nSPS) is 10.7. The minimum atomic E-state index is -0.0959. The molecular formula is C23H24N2O2S. The number of carbonyl (C=O) groups excluding carboxylic acids is 2. The minimum Gasteiger partial charge on any atom is -0.344 e. The van der Waals surface area contributed by atoms with Gasteiger partial charge in [0.05, 0.1) is 5.75 Å². The molecule has 1 aromatic heterocycles. The maximum Gasteiger partial charge on any atom is 0.221 e. The molecule has 5 heteroatoms. The fraction of sp³-hybridized carbons (Fsp3) is 0.217. The number of hydrogen-bond donors (Lipinski definition) is 1. The summed E-state index contributed by atoms with van der Waals surface area (Å²) in [5.41, 5.74) is 4.86. The summed E-state index contributed by atoms with van der Waals surface area (Å²) in [4.78, 5) is 24.9. The number of rotatable bonds is 7. The molecule has 0 saturated heterocycles. The number of nitrogens with zero attached hydrogens (tertiary/aromatic N) is 1. The summed E-state index contributed by atoms with van der Waals surface area (Å²) in [5, 5.41) is 2.74. The van der Waals surface area contributed by atoms with Crippen LogP contribution < -0.4 is 5.32 Å². The van der Waals surface area contributed by atoms with Gasteiger partial charge in [-0.1, -0.05) is 30.3 Å². The molecule has 4 nitrogen and oxygen atoms in total. The van der Waals surface area contributed by atoms with Gasteiger partial charge in [0.15, 0.2) is 5.78 Å². The molecule has 3 rings (SSSR count). The van der Waals surface area contributed by atoms with E-state index in [9.17, 15) is 9.59 Å². The Balaban J connectivity index is 1.66. The Bertz CT molecular complexity index is 976. The number of nitrogens with one attached hydrogen (secondary N) is 1. The lowest BCUT2D eigenvalue weighted by molar-refractivity contribution is -0.114. The standard InChI is InChI=1S/C23H24N2O2S/c1-16-13-22(17(2)25(16)14-19-7-5-4-6-8-19)23(27)15-28-21-11-9-20(10-12-21)24-18(3)26/h4-13H,14-15H2,1-3H3,(H,24,26). The number of amides is 1. The highest BCUT2D eigenvalue weighted by Gasteiger charge is 2.16. The first-order valence-corrected chi connectivity index (χ1v) is 10.2. The summed E-state index contributed by atoms with van der Waals surface area (Å²) in [5.74, 6) is 0.416. The number of ketones is 1. The van der Waals surface area contributed by atoms with Crippen LogP contribution in [0, 0.1) is 13.8 Å². The molecule has 0 aliphatic carbocycles. The van der Waals surface area contributed by atoms with E-state index in [0.29, 0.717) is 5.75 Å². The molecule has 0 fully saturated rings. The summed E-state index contributed by atoms with van der Waals surface area (Å²) in [6.45, 7) is 6.30. The average molecular weight is 393 g/mol. The molecule has 0 saturated carbocycles. The van der Waals surface area contributed by atoms with Gasteiger partial charge in [0, 0.05) is 41.0 Å². The SMILES string of the molecule is CC(=O)Nc1ccc(SCC(=O)c2cc(C)n(Cc3ccccc3)c2C)cc1. The zero-order valence-electron chi connectivity index (χ0n) is 16.4. The van der Waals surface area contributed by atoms with Gasteiger partial charge in [-0.25, -0.2) is 0 Å². The highest BCUT2D eigenvalue weighted by molar-refractivity contribution is 8.00. The Morgan fingerprint density at radius 1 is 1.00 bits per heavy atom. The van der Waals surface area contributed by atoms with Crippen molar-refractivity contribution < 1.29 is 9.59 Å². The van der Waals surface area contributed by atoms with E-state index < -0.39 is 0 Å². The summed E-state index contributed by atoms with van der Waals surface area (Å²) in [6, 6.07) is 19.8. The van der Waals surface area contributed by atoms with Gasteiger partial charge in [0.25, 0.3) is 0 Å². The Hall–Kier alpha value is -2.79.